The maximum absolute atomic E-state index is 11.9. The molecule has 0 radical (unpaired) electrons. The normalized spacial score (nSPS) is 10.3. The van der Waals surface area contributed by atoms with E-state index in [0.717, 1.165) is 16.8 Å². The van der Waals surface area contributed by atoms with E-state index >= 15 is 0 Å². The van der Waals surface area contributed by atoms with Gasteiger partial charge in [-0.15, -0.1) is 0 Å². The summed E-state index contributed by atoms with van der Waals surface area (Å²) in [6.45, 7) is 3.97. The van der Waals surface area contributed by atoms with Gasteiger partial charge >= 0.3 is 5.97 Å². The Hall–Kier alpha value is -2.20. The average molecular weight is 305 g/mol. The minimum absolute atomic E-state index is 0.309. The molecular formula is C16H17ClN2O2. The standard InChI is InChI=1S/C16H17ClN2O2/c1-9-4-5-10(2)14(6-9)19-15-12(16(20)21-3)7-11(18)8-13(15)17/h4-8,19H,18H2,1-3H3. The second kappa shape index (κ2) is 6.06. The molecular weight excluding hydrogens is 288 g/mol. The Kier molecular flexibility index (Phi) is 4.38. The summed E-state index contributed by atoms with van der Waals surface area (Å²) in [7, 11) is 1.32. The summed E-state index contributed by atoms with van der Waals surface area (Å²) in [6, 6.07) is 9.16. The zero-order valence-electron chi connectivity index (χ0n) is 12.2. The Morgan fingerprint density at radius 3 is 2.62 bits per heavy atom. The van der Waals surface area contributed by atoms with Gasteiger partial charge in [0.2, 0.25) is 0 Å². The second-order valence-electron chi connectivity index (χ2n) is 4.86. The minimum Gasteiger partial charge on any atom is -0.465 e. The molecule has 110 valence electrons. The van der Waals surface area contributed by atoms with E-state index in [4.69, 9.17) is 22.1 Å². The van der Waals surface area contributed by atoms with Crippen molar-refractivity contribution in [2.75, 3.05) is 18.2 Å². The number of hydrogen-bond acceptors (Lipinski definition) is 4. The monoisotopic (exact) mass is 304 g/mol. The number of nitrogen functional groups attached to an aromatic ring is 1. The number of halogens is 1. The van der Waals surface area contributed by atoms with Crippen molar-refractivity contribution in [1.29, 1.82) is 0 Å². The summed E-state index contributed by atoms with van der Waals surface area (Å²) >= 11 is 6.23. The molecule has 0 aliphatic rings. The first-order chi connectivity index (χ1) is 9.92. The predicted octanol–water partition coefficient (Wildman–Crippen LogP) is 4.07. The van der Waals surface area contributed by atoms with Crippen LogP contribution in [-0.2, 0) is 4.74 Å². The minimum atomic E-state index is -0.489. The number of carbonyl (C=O) groups is 1. The van der Waals surface area contributed by atoms with Crippen molar-refractivity contribution in [3.05, 3.63) is 52.0 Å². The van der Waals surface area contributed by atoms with Gasteiger partial charge in [-0.2, -0.15) is 0 Å². The van der Waals surface area contributed by atoms with E-state index in [2.05, 4.69) is 5.32 Å². The number of nitrogens with two attached hydrogens (primary N) is 1. The van der Waals surface area contributed by atoms with Crippen molar-refractivity contribution >= 4 is 34.6 Å². The highest BCUT2D eigenvalue weighted by Crippen LogP contribution is 2.33. The molecule has 0 heterocycles. The zero-order valence-corrected chi connectivity index (χ0v) is 12.9. The van der Waals surface area contributed by atoms with Crippen molar-refractivity contribution in [3.8, 4) is 0 Å². The summed E-state index contributed by atoms with van der Waals surface area (Å²) in [5.41, 5.74) is 9.99. The van der Waals surface area contributed by atoms with Gasteiger partial charge in [-0.1, -0.05) is 23.7 Å². The Bertz CT molecular complexity index is 699. The molecule has 0 unspecified atom stereocenters. The lowest BCUT2D eigenvalue weighted by molar-refractivity contribution is 0.0602. The highest BCUT2D eigenvalue weighted by atomic mass is 35.5. The molecule has 0 bridgehead atoms. The van der Waals surface area contributed by atoms with Gasteiger partial charge in [0, 0.05) is 11.4 Å². The molecule has 2 aromatic carbocycles. The van der Waals surface area contributed by atoms with Crippen LogP contribution in [0.3, 0.4) is 0 Å². The van der Waals surface area contributed by atoms with Gasteiger partial charge in [0.1, 0.15) is 0 Å². The summed E-state index contributed by atoms with van der Waals surface area (Å²) in [6.07, 6.45) is 0. The van der Waals surface area contributed by atoms with Gasteiger partial charge in [-0.3, -0.25) is 0 Å². The van der Waals surface area contributed by atoms with Crippen LogP contribution < -0.4 is 11.1 Å². The topological polar surface area (TPSA) is 64.3 Å². The first-order valence-corrected chi connectivity index (χ1v) is 6.81. The molecule has 0 aromatic heterocycles. The Morgan fingerprint density at radius 2 is 1.95 bits per heavy atom. The first-order valence-electron chi connectivity index (χ1n) is 6.44. The SMILES string of the molecule is COC(=O)c1cc(N)cc(Cl)c1Nc1cc(C)ccc1C. The van der Waals surface area contributed by atoms with Gasteiger partial charge in [-0.25, -0.2) is 4.79 Å². The maximum Gasteiger partial charge on any atom is 0.340 e. The van der Waals surface area contributed by atoms with Crippen molar-refractivity contribution in [3.63, 3.8) is 0 Å². The van der Waals surface area contributed by atoms with Gasteiger partial charge in [0.05, 0.1) is 23.4 Å². The molecule has 21 heavy (non-hydrogen) atoms. The van der Waals surface area contributed by atoms with E-state index in [1.165, 1.54) is 7.11 Å². The summed E-state index contributed by atoms with van der Waals surface area (Å²) < 4.78 is 4.79. The zero-order chi connectivity index (χ0) is 15.6. The number of rotatable bonds is 3. The van der Waals surface area contributed by atoms with Crippen molar-refractivity contribution in [2.45, 2.75) is 13.8 Å². The van der Waals surface area contributed by atoms with Crippen molar-refractivity contribution < 1.29 is 9.53 Å². The summed E-state index contributed by atoms with van der Waals surface area (Å²) in [4.78, 5) is 11.9. The molecule has 0 aliphatic carbocycles. The first kappa shape index (κ1) is 15.2. The van der Waals surface area contributed by atoms with E-state index < -0.39 is 5.97 Å². The van der Waals surface area contributed by atoms with Crippen LogP contribution in [0.25, 0.3) is 0 Å². The van der Waals surface area contributed by atoms with Crippen LogP contribution in [-0.4, -0.2) is 13.1 Å². The highest BCUT2D eigenvalue weighted by Gasteiger charge is 2.17. The lowest BCUT2D eigenvalue weighted by atomic mass is 10.1. The third kappa shape index (κ3) is 3.28. The number of anilines is 3. The number of benzene rings is 2. The van der Waals surface area contributed by atoms with Crippen LogP contribution in [0.5, 0.6) is 0 Å². The van der Waals surface area contributed by atoms with Gasteiger partial charge in [0.15, 0.2) is 0 Å². The third-order valence-electron chi connectivity index (χ3n) is 3.17. The lowest BCUT2D eigenvalue weighted by Crippen LogP contribution is -2.08. The molecule has 2 rings (SSSR count). The Morgan fingerprint density at radius 1 is 1.24 bits per heavy atom. The molecule has 0 saturated carbocycles. The lowest BCUT2D eigenvalue weighted by Gasteiger charge is -2.15. The largest absolute Gasteiger partial charge is 0.465 e. The third-order valence-corrected chi connectivity index (χ3v) is 3.47. The number of esters is 1. The van der Waals surface area contributed by atoms with Crippen LogP contribution >= 0.6 is 11.6 Å². The van der Waals surface area contributed by atoms with E-state index in [9.17, 15) is 4.79 Å². The van der Waals surface area contributed by atoms with Crippen LogP contribution in [0.2, 0.25) is 5.02 Å². The fourth-order valence-electron chi connectivity index (χ4n) is 2.03. The molecule has 0 fully saturated rings. The molecule has 2 aromatic rings. The second-order valence-corrected chi connectivity index (χ2v) is 5.27. The fraction of sp³-hybridized carbons (Fsp3) is 0.188. The highest BCUT2D eigenvalue weighted by molar-refractivity contribution is 6.34. The van der Waals surface area contributed by atoms with E-state index in [1.807, 2.05) is 32.0 Å². The van der Waals surface area contributed by atoms with E-state index in [-0.39, 0.29) is 0 Å². The summed E-state index contributed by atoms with van der Waals surface area (Å²) in [5.74, 6) is -0.489. The molecule has 5 heteroatoms. The Labute approximate surface area is 128 Å². The molecule has 3 N–H and O–H groups in total. The Balaban J connectivity index is 2.53. The van der Waals surface area contributed by atoms with Crippen LogP contribution in [0.1, 0.15) is 21.5 Å². The maximum atomic E-state index is 11.9. The number of nitrogens with one attached hydrogen (secondary N) is 1. The number of carbonyl (C=O) groups excluding carboxylic acids is 1. The number of aryl methyl sites for hydroxylation is 2. The van der Waals surface area contributed by atoms with Crippen LogP contribution in [0, 0.1) is 13.8 Å². The van der Waals surface area contributed by atoms with Crippen molar-refractivity contribution in [1.82, 2.24) is 0 Å². The molecule has 0 spiro atoms. The smallest absolute Gasteiger partial charge is 0.340 e. The predicted molar refractivity (Wildman–Crippen MR) is 86.4 cm³/mol. The number of hydrogen-bond donors (Lipinski definition) is 2. The average Bonchev–Trinajstić information content (AvgIpc) is 2.44. The van der Waals surface area contributed by atoms with Crippen LogP contribution in [0.15, 0.2) is 30.3 Å². The summed E-state index contributed by atoms with van der Waals surface area (Å²) in [5, 5.41) is 3.58. The quantitative estimate of drug-likeness (QED) is 0.663. The van der Waals surface area contributed by atoms with E-state index in [1.54, 1.807) is 12.1 Å². The van der Waals surface area contributed by atoms with Crippen LogP contribution in [0.4, 0.5) is 17.1 Å². The molecule has 0 aliphatic heterocycles. The number of methoxy groups -OCH3 is 1. The molecule has 0 atom stereocenters. The van der Waals surface area contributed by atoms with E-state index in [0.29, 0.717) is 22.0 Å². The fourth-order valence-corrected chi connectivity index (χ4v) is 2.31. The van der Waals surface area contributed by atoms with Crippen molar-refractivity contribution in [2.24, 2.45) is 0 Å². The van der Waals surface area contributed by atoms with Gasteiger partial charge < -0.3 is 15.8 Å². The van der Waals surface area contributed by atoms with Gasteiger partial charge in [-0.05, 0) is 43.2 Å². The number of ether oxygens (including phenoxy) is 1. The molecule has 0 amide bonds. The van der Waals surface area contributed by atoms with Gasteiger partial charge in [0.25, 0.3) is 0 Å². The molecule has 0 saturated heterocycles. The molecule has 4 nitrogen and oxygen atoms in total.